The standard InChI is InChI=1S/C30H33N3O5/c1-21-9-4-5-10-23(21)20-33-25-12-7-6-11-24(25)29(35)32(30(33)36)18-8-13-28(34)31-17-16-22-14-15-26(37-2)27(19-22)38-3/h4-7,9-12,14-15,19H,8,13,16-18,20H2,1-3H3,(H,31,34). The van der Waals surface area contributed by atoms with Crippen LogP contribution in [0, 0.1) is 6.92 Å². The number of amides is 1. The highest BCUT2D eigenvalue weighted by molar-refractivity contribution is 5.78. The Kier molecular flexibility index (Phi) is 8.63. The van der Waals surface area contributed by atoms with Crippen molar-refractivity contribution >= 4 is 16.8 Å². The van der Waals surface area contributed by atoms with Gasteiger partial charge in [-0.05, 0) is 60.7 Å². The second-order valence-corrected chi connectivity index (χ2v) is 9.16. The SMILES string of the molecule is COc1ccc(CCNC(=O)CCCn2c(=O)c3ccccc3n(Cc3ccccc3C)c2=O)cc1OC. The molecule has 38 heavy (non-hydrogen) atoms. The summed E-state index contributed by atoms with van der Waals surface area (Å²) in [5.74, 6) is 1.17. The molecule has 8 heteroatoms. The van der Waals surface area contributed by atoms with Crippen LogP contribution < -0.4 is 26.0 Å². The second kappa shape index (κ2) is 12.3. The summed E-state index contributed by atoms with van der Waals surface area (Å²) in [5.41, 5.74) is 3.01. The van der Waals surface area contributed by atoms with Crippen LogP contribution in [-0.4, -0.2) is 35.8 Å². The molecule has 0 unspecified atom stereocenters. The van der Waals surface area contributed by atoms with Crippen LogP contribution in [0.5, 0.6) is 11.5 Å². The lowest BCUT2D eigenvalue weighted by Gasteiger charge is -2.15. The van der Waals surface area contributed by atoms with Gasteiger partial charge in [-0.15, -0.1) is 0 Å². The van der Waals surface area contributed by atoms with Gasteiger partial charge in [-0.3, -0.25) is 18.7 Å². The van der Waals surface area contributed by atoms with Gasteiger partial charge in [0.25, 0.3) is 5.56 Å². The van der Waals surface area contributed by atoms with E-state index in [0.29, 0.717) is 48.3 Å². The molecule has 0 fully saturated rings. The van der Waals surface area contributed by atoms with Gasteiger partial charge in [0.05, 0.1) is 31.7 Å². The highest BCUT2D eigenvalue weighted by Gasteiger charge is 2.14. The normalized spacial score (nSPS) is 10.9. The number of aryl methyl sites for hydroxylation is 1. The lowest BCUT2D eigenvalue weighted by atomic mass is 10.1. The fourth-order valence-corrected chi connectivity index (χ4v) is 4.55. The van der Waals surface area contributed by atoms with Gasteiger partial charge in [-0.1, -0.05) is 42.5 Å². The van der Waals surface area contributed by atoms with Crippen molar-refractivity contribution in [3.8, 4) is 11.5 Å². The first-order valence-electron chi connectivity index (χ1n) is 12.7. The van der Waals surface area contributed by atoms with Crippen molar-refractivity contribution in [2.75, 3.05) is 20.8 Å². The molecule has 1 aromatic heterocycles. The van der Waals surface area contributed by atoms with Gasteiger partial charge in [0, 0.05) is 19.5 Å². The number of carbonyl (C=O) groups is 1. The molecule has 4 rings (SSSR count). The lowest BCUT2D eigenvalue weighted by Crippen LogP contribution is -2.40. The van der Waals surface area contributed by atoms with Gasteiger partial charge >= 0.3 is 5.69 Å². The summed E-state index contributed by atoms with van der Waals surface area (Å²) in [6.07, 6.45) is 1.22. The van der Waals surface area contributed by atoms with Gasteiger partial charge in [0.2, 0.25) is 5.91 Å². The van der Waals surface area contributed by atoms with E-state index in [9.17, 15) is 14.4 Å². The number of para-hydroxylation sites is 1. The van der Waals surface area contributed by atoms with Crippen molar-refractivity contribution in [2.45, 2.75) is 39.3 Å². The third-order valence-corrected chi connectivity index (χ3v) is 6.69. The fraction of sp³-hybridized carbons (Fsp3) is 0.300. The van der Waals surface area contributed by atoms with Gasteiger partial charge in [0.1, 0.15) is 0 Å². The minimum Gasteiger partial charge on any atom is -0.493 e. The third-order valence-electron chi connectivity index (χ3n) is 6.69. The Morgan fingerprint density at radius 1 is 0.895 bits per heavy atom. The summed E-state index contributed by atoms with van der Waals surface area (Å²) >= 11 is 0. The maximum Gasteiger partial charge on any atom is 0.331 e. The van der Waals surface area contributed by atoms with Crippen molar-refractivity contribution in [3.63, 3.8) is 0 Å². The zero-order valence-electron chi connectivity index (χ0n) is 22.0. The molecule has 3 aromatic carbocycles. The van der Waals surface area contributed by atoms with Gasteiger partial charge in [0.15, 0.2) is 11.5 Å². The summed E-state index contributed by atoms with van der Waals surface area (Å²) in [6.45, 7) is 3.00. The van der Waals surface area contributed by atoms with Crippen molar-refractivity contribution in [3.05, 3.63) is 104 Å². The lowest BCUT2D eigenvalue weighted by molar-refractivity contribution is -0.121. The number of carbonyl (C=O) groups excluding carboxylic acids is 1. The summed E-state index contributed by atoms with van der Waals surface area (Å²) in [4.78, 5) is 39.0. The van der Waals surface area contributed by atoms with E-state index in [-0.39, 0.29) is 30.1 Å². The molecule has 1 N–H and O–H groups in total. The van der Waals surface area contributed by atoms with E-state index in [1.165, 1.54) is 4.57 Å². The number of aromatic nitrogens is 2. The quantitative estimate of drug-likeness (QED) is 0.329. The largest absolute Gasteiger partial charge is 0.493 e. The molecule has 0 aliphatic rings. The van der Waals surface area contributed by atoms with E-state index in [1.807, 2.05) is 55.5 Å². The third kappa shape index (κ3) is 5.96. The van der Waals surface area contributed by atoms with Crippen LogP contribution in [0.15, 0.2) is 76.3 Å². The van der Waals surface area contributed by atoms with Gasteiger partial charge in [-0.2, -0.15) is 0 Å². The van der Waals surface area contributed by atoms with Crippen LogP contribution in [0.3, 0.4) is 0 Å². The molecule has 4 aromatic rings. The van der Waals surface area contributed by atoms with E-state index in [0.717, 1.165) is 16.7 Å². The summed E-state index contributed by atoms with van der Waals surface area (Å²) in [5, 5.41) is 3.40. The fourth-order valence-electron chi connectivity index (χ4n) is 4.55. The van der Waals surface area contributed by atoms with E-state index in [1.54, 1.807) is 37.0 Å². The molecular weight excluding hydrogens is 482 g/mol. The molecule has 0 aliphatic heterocycles. The van der Waals surface area contributed by atoms with E-state index in [4.69, 9.17) is 9.47 Å². The Hall–Kier alpha value is -4.33. The van der Waals surface area contributed by atoms with Crippen molar-refractivity contribution in [1.82, 2.24) is 14.5 Å². The minimum atomic E-state index is -0.370. The first-order chi connectivity index (χ1) is 18.4. The Balaban J connectivity index is 1.42. The number of nitrogens with one attached hydrogen (secondary N) is 1. The number of ether oxygens (including phenoxy) is 2. The van der Waals surface area contributed by atoms with E-state index >= 15 is 0 Å². The van der Waals surface area contributed by atoms with Crippen LogP contribution in [-0.2, 0) is 24.3 Å². The average molecular weight is 516 g/mol. The molecule has 0 atom stereocenters. The highest BCUT2D eigenvalue weighted by Crippen LogP contribution is 2.27. The molecule has 198 valence electrons. The van der Waals surface area contributed by atoms with Crippen LogP contribution in [0.25, 0.3) is 10.9 Å². The summed E-state index contributed by atoms with van der Waals surface area (Å²) in [7, 11) is 3.17. The number of hydrogen-bond donors (Lipinski definition) is 1. The van der Waals surface area contributed by atoms with Crippen molar-refractivity contribution in [2.24, 2.45) is 0 Å². The zero-order valence-corrected chi connectivity index (χ0v) is 22.0. The van der Waals surface area contributed by atoms with Crippen molar-refractivity contribution < 1.29 is 14.3 Å². The molecule has 8 nitrogen and oxygen atoms in total. The minimum absolute atomic E-state index is 0.125. The van der Waals surface area contributed by atoms with Crippen molar-refractivity contribution in [1.29, 1.82) is 0 Å². The number of hydrogen-bond acceptors (Lipinski definition) is 5. The van der Waals surface area contributed by atoms with Gasteiger partial charge in [-0.25, -0.2) is 4.79 Å². The Morgan fingerprint density at radius 2 is 1.63 bits per heavy atom. The molecule has 0 saturated heterocycles. The molecule has 0 spiro atoms. The number of methoxy groups -OCH3 is 2. The first-order valence-corrected chi connectivity index (χ1v) is 12.7. The Labute approximate surface area is 221 Å². The first kappa shape index (κ1) is 26.7. The molecule has 0 aliphatic carbocycles. The van der Waals surface area contributed by atoms with Crippen LogP contribution in [0.4, 0.5) is 0 Å². The highest BCUT2D eigenvalue weighted by atomic mass is 16.5. The number of benzene rings is 3. The molecular formula is C30H33N3O5. The Bertz CT molecular complexity index is 1550. The number of nitrogens with zero attached hydrogens (tertiary/aromatic N) is 2. The second-order valence-electron chi connectivity index (χ2n) is 9.16. The predicted molar refractivity (Wildman–Crippen MR) is 148 cm³/mol. The maximum atomic E-state index is 13.4. The predicted octanol–water partition coefficient (Wildman–Crippen LogP) is 3.68. The Morgan fingerprint density at radius 3 is 2.39 bits per heavy atom. The molecule has 0 radical (unpaired) electrons. The number of fused-ring (bicyclic) bond motifs is 1. The molecule has 1 amide bonds. The molecule has 0 saturated carbocycles. The topological polar surface area (TPSA) is 91.6 Å². The van der Waals surface area contributed by atoms with Crippen LogP contribution in [0.2, 0.25) is 0 Å². The number of rotatable bonds is 11. The zero-order chi connectivity index (χ0) is 27.1. The summed E-state index contributed by atoms with van der Waals surface area (Å²) < 4.78 is 13.5. The maximum absolute atomic E-state index is 13.4. The smallest absolute Gasteiger partial charge is 0.331 e. The van der Waals surface area contributed by atoms with E-state index < -0.39 is 0 Å². The monoisotopic (exact) mass is 515 g/mol. The van der Waals surface area contributed by atoms with Gasteiger partial charge < -0.3 is 14.8 Å². The summed E-state index contributed by atoms with van der Waals surface area (Å²) in [6, 6.07) is 20.7. The van der Waals surface area contributed by atoms with E-state index in [2.05, 4.69) is 5.32 Å². The molecule has 0 bridgehead atoms. The molecule has 1 heterocycles. The van der Waals surface area contributed by atoms with Crippen LogP contribution in [0.1, 0.15) is 29.5 Å². The van der Waals surface area contributed by atoms with Crippen LogP contribution >= 0.6 is 0 Å². The average Bonchev–Trinajstić information content (AvgIpc) is 2.93.